The molecule has 0 radical (unpaired) electrons. The van der Waals surface area contributed by atoms with E-state index in [0.717, 1.165) is 27.5 Å². The van der Waals surface area contributed by atoms with Gasteiger partial charge in [-0.25, -0.2) is 4.79 Å². The van der Waals surface area contributed by atoms with Gasteiger partial charge < -0.3 is 20.5 Å². The van der Waals surface area contributed by atoms with Crippen LogP contribution < -0.4 is 30.5 Å². The van der Waals surface area contributed by atoms with E-state index in [0.29, 0.717) is 11.3 Å². The summed E-state index contributed by atoms with van der Waals surface area (Å²) in [6, 6.07) is 18.4. The highest BCUT2D eigenvalue weighted by Crippen LogP contribution is 2.37. The van der Waals surface area contributed by atoms with Gasteiger partial charge in [0.15, 0.2) is 0 Å². The smallest absolute Gasteiger partial charge is 0.332 e. The number of benzene rings is 2. The van der Waals surface area contributed by atoms with Gasteiger partial charge in [-0.3, -0.25) is 14.2 Å². The van der Waals surface area contributed by atoms with Crippen LogP contribution in [-0.4, -0.2) is 30.7 Å². The Bertz CT molecular complexity index is 1600. The number of fused-ring (bicyclic) bond motifs is 1. The number of nitriles is 1. The largest absolute Gasteiger partial charge is 0.497 e. The number of aromatic nitrogens is 1. The highest BCUT2D eigenvalue weighted by Gasteiger charge is 2.35. The van der Waals surface area contributed by atoms with E-state index in [-0.39, 0.29) is 32.7 Å². The molecule has 1 amide bonds. The maximum atomic E-state index is 13.7. The van der Waals surface area contributed by atoms with Gasteiger partial charge in [0, 0.05) is 12.6 Å². The fourth-order valence-corrected chi connectivity index (χ4v) is 5.10. The molecule has 1 aliphatic rings. The van der Waals surface area contributed by atoms with E-state index in [2.05, 4.69) is 16.1 Å². The molecule has 2 aromatic carbocycles. The first-order valence-electron chi connectivity index (χ1n) is 10.8. The number of hydrogen-bond acceptors (Lipinski definition) is 8. The van der Waals surface area contributed by atoms with Crippen molar-refractivity contribution in [3.8, 4) is 11.8 Å². The van der Waals surface area contributed by atoms with Crippen LogP contribution in [0.2, 0.25) is 0 Å². The Morgan fingerprint density at radius 3 is 2.61 bits per heavy atom. The molecule has 1 unspecified atom stereocenters. The van der Waals surface area contributed by atoms with E-state index in [9.17, 15) is 19.6 Å². The molecular formula is C26H22N4O5S. The highest BCUT2D eigenvalue weighted by molar-refractivity contribution is 7.07. The average molecular weight is 503 g/mol. The molecule has 10 heteroatoms. The molecule has 3 aromatic rings. The second kappa shape index (κ2) is 10.3. The number of rotatable bonds is 6. The molecular weight excluding hydrogens is 480 g/mol. The van der Waals surface area contributed by atoms with Gasteiger partial charge >= 0.3 is 5.97 Å². The van der Waals surface area contributed by atoms with Crippen LogP contribution in [0.5, 0.6) is 5.75 Å². The average Bonchev–Trinajstić information content (AvgIpc) is 3.23. The predicted molar refractivity (Wildman–Crippen MR) is 135 cm³/mol. The topological polar surface area (TPSA) is 136 Å². The van der Waals surface area contributed by atoms with E-state index in [1.807, 2.05) is 30.3 Å². The SMILES string of the molecule is COC(=O)C=c1sc2n(c1=O)C(N)=C(C#N)C(c1cccc(OC)c1)C=2C(=O)NCc1ccccc1. The normalized spacial score (nSPS) is 15.2. The first kappa shape index (κ1) is 24.5. The first-order chi connectivity index (χ1) is 17.4. The second-order valence-electron chi connectivity index (χ2n) is 7.78. The Morgan fingerprint density at radius 2 is 1.94 bits per heavy atom. The zero-order valence-corrected chi connectivity index (χ0v) is 20.3. The van der Waals surface area contributed by atoms with E-state index in [1.54, 1.807) is 24.3 Å². The summed E-state index contributed by atoms with van der Waals surface area (Å²) in [5, 5.41) is 13.0. The van der Waals surface area contributed by atoms with Gasteiger partial charge in [0.25, 0.3) is 11.5 Å². The van der Waals surface area contributed by atoms with E-state index in [1.165, 1.54) is 14.2 Å². The third-order valence-corrected chi connectivity index (χ3v) is 6.79. The molecule has 0 saturated carbocycles. The molecule has 182 valence electrons. The van der Waals surface area contributed by atoms with Gasteiger partial charge in [-0.2, -0.15) is 5.26 Å². The molecule has 9 nitrogen and oxygen atoms in total. The van der Waals surface area contributed by atoms with Gasteiger partial charge in [-0.05, 0) is 23.3 Å². The van der Waals surface area contributed by atoms with Crippen molar-refractivity contribution in [2.24, 2.45) is 5.73 Å². The van der Waals surface area contributed by atoms with Crippen molar-refractivity contribution < 1.29 is 19.1 Å². The van der Waals surface area contributed by atoms with Gasteiger partial charge in [0.05, 0.1) is 37.4 Å². The number of amides is 1. The van der Waals surface area contributed by atoms with Crippen LogP contribution in [0.4, 0.5) is 0 Å². The Labute approximate surface area is 210 Å². The number of nitrogens with one attached hydrogen (secondary N) is 1. The third kappa shape index (κ3) is 4.52. The number of allylic oxidation sites excluding steroid dienone is 1. The molecule has 0 fully saturated rings. The molecule has 1 aliphatic heterocycles. The predicted octanol–water partition coefficient (Wildman–Crippen LogP) is 0.787. The van der Waals surface area contributed by atoms with Crippen LogP contribution in [0.1, 0.15) is 17.0 Å². The van der Waals surface area contributed by atoms with Gasteiger partial charge in [0.1, 0.15) is 20.8 Å². The first-order valence-corrected chi connectivity index (χ1v) is 11.6. The quantitative estimate of drug-likeness (QED) is 0.476. The highest BCUT2D eigenvalue weighted by atomic mass is 32.1. The molecule has 0 spiro atoms. The molecule has 1 aromatic heterocycles. The van der Waals surface area contributed by atoms with E-state index in [4.69, 9.17) is 10.5 Å². The Morgan fingerprint density at radius 1 is 1.19 bits per heavy atom. The number of thiazole rings is 1. The molecule has 2 heterocycles. The molecule has 1 atom stereocenters. The minimum atomic E-state index is -0.870. The molecule has 3 N–H and O–H groups in total. The van der Waals surface area contributed by atoms with Crippen LogP contribution in [-0.2, 0) is 20.9 Å². The Balaban J connectivity index is 1.99. The number of hydrogen-bond donors (Lipinski definition) is 2. The van der Waals surface area contributed by atoms with Gasteiger partial charge in [-0.15, -0.1) is 11.3 Å². The molecule has 4 rings (SSSR count). The van der Waals surface area contributed by atoms with Crippen LogP contribution in [0.15, 0.2) is 65.0 Å². The van der Waals surface area contributed by atoms with Crippen molar-refractivity contribution in [2.75, 3.05) is 14.2 Å². The van der Waals surface area contributed by atoms with E-state index >= 15 is 0 Å². The number of methoxy groups -OCH3 is 2. The minimum Gasteiger partial charge on any atom is -0.497 e. The van der Waals surface area contributed by atoms with Crippen LogP contribution >= 0.6 is 11.3 Å². The lowest BCUT2D eigenvalue weighted by Crippen LogP contribution is -2.42. The Hall–Kier alpha value is -4.62. The number of nitrogens with zero attached hydrogens (tertiary/aromatic N) is 2. The van der Waals surface area contributed by atoms with Crippen LogP contribution in [0, 0.1) is 11.3 Å². The van der Waals surface area contributed by atoms with Gasteiger partial charge in [-0.1, -0.05) is 42.5 Å². The summed E-state index contributed by atoms with van der Waals surface area (Å²) in [5.74, 6) is -1.66. The molecule has 0 bridgehead atoms. The Kier molecular flexibility index (Phi) is 7.03. The minimum absolute atomic E-state index is 0.0248. The van der Waals surface area contributed by atoms with Crippen molar-refractivity contribution in [2.45, 2.75) is 12.5 Å². The van der Waals surface area contributed by atoms with Crippen molar-refractivity contribution in [1.29, 1.82) is 5.26 Å². The summed E-state index contributed by atoms with van der Waals surface area (Å²) in [6.07, 6.45) is 1.04. The summed E-state index contributed by atoms with van der Waals surface area (Å²) in [6.45, 7) is 0.228. The summed E-state index contributed by atoms with van der Waals surface area (Å²) in [5.41, 5.74) is 7.36. The second-order valence-corrected chi connectivity index (χ2v) is 8.81. The van der Waals surface area contributed by atoms with Crippen molar-refractivity contribution in [1.82, 2.24) is 9.88 Å². The number of carbonyl (C=O) groups is 2. The van der Waals surface area contributed by atoms with E-state index < -0.39 is 23.4 Å². The molecule has 0 aliphatic carbocycles. The maximum Gasteiger partial charge on any atom is 0.332 e. The number of ether oxygens (including phenoxy) is 2. The lowest BCUT2D eigenvalue weighted by molar-refractivity contribution is -0.133. The van der Waals surface area contributed by atoms with Crippen LogP contribution in [0.25, 0.3) is 17.5 Å². The van der Waals surface area contributed by atoms with Crippen molar-refractivity contribution in [3.05, 3.63) is 90.8 Å². The van der Waals surface area contributed by atoms with Crippen LogP contribution in [0.3, 0.4) is 0 Å². The zero-order chi connectivity index (χ0) is 25.8. The zero-order valence-electron chi connectivity index (χ0n) is 19.5. The summed E-state index contributed by atoms with van der Waals surface area (Å²) in [4.78, 5) is 38.7. The maximum absolute atomic E-state index is 13.7. The summed E-state index contributed by atoms with van der Waals surface area (Å²) >= 11 is 0.930. The third-order valence-electron chi connectivity index (χ3n) is 5.69. The fourth-order valence-electron chi connectivity index (χ4n) is 3.96. The number of esters is 1. The number of nitrogens with two attached hydrogens (primary N) is 1. The fraction of sp³-hybridized carbons (Fsp3) is 0.154. The molecule has 36 heavy (non-hydrogen) atoms. The summed E-state index contributed by atoms with van der Waals surface area (Å²) < 4.78 is 11.4. The van der Waals surface area contributed by atoms with Crippen molar-refractivity contribution in [3.63, 3.8) is 0 Å². The standard InChI is InChI=1S/C26H22N4O5S/c1-34-17-10-6-9-16(11-17)21-18(13-27)23(28)30-25(33)19(12-20(31)35-2)36-26(30)22(21)24(32)29-14-15-7-4-3-5-8-15/h3-12,21H,14,28H2,1-2H3,(H,29,32). The van der Waals surface area contributed by atoms with Gasteiger partial charge in [0.2, 0.25) is 0 Å². The lowest BCUT2D eigenvalue weighted by atomic mass is 9.83. The van der Waals surface area contributed by atoms with Crippen molar-refractivity contribution >= 4 is 40.7 Å². The monoisotopic (exact) mass is 502 g/mol. The summed E-state index contributed by atoms with van der Waals surface area (Å²) in [7, 11) is 2.71. The number of carbonyl (C=O) groups excluding carboxylic acids is 2. The molecule has 0 saturated heterocycles. The lowest BCUT2D eigenvalue weighted by Gasteiger charge is -2.25.